The molecule has 1 aromatic rings. The summed E-state index contributed by atoms with van der Waals surface area (Å²) >= 11 is 0. The van der Waals surface area contributed by atoms with Crippen LogP contribution in [0.4, 0.5) is 4.39 Å². The molecule has 2 unspecified atom stereocenters. The molecule has 1 saturated heterocycles. The molecule has 17 heavy (non-hydrogen) atoms. The quantitative estimate of drug-likeness (QED) is 0.834. The van der Waals surface area contributed by atoms with E-state index in [4.69, 9.17) is 5.73 Å². The number of β-amino-alcohol motifs (C(OH)–C–C–N with tert-alkyl or cyclic N) is 1. The molecule has 94 valence electrons. The van der Waals surface area contributed by atoms with Crippen LogP contribution in [0.5, 0.6) is 0 Å². The Kier molecular flexibility index (Phi) is 4.10. The fraction of sp³-hybridized carbons (Fsp3) is 0.538. The highest BCUT2D eigenvalue weighted by atomic mass is 19.1. The Labute approximate surface area is 101 Å². The monoisotopic (exact) mass is 238 g/mol. The highest BCUT2D eigenvalue weighted by Crippen LogP contribution is 2.25. The second-order valence-corrected chi connectivity index (χ2v) is 4.56. The van der Waals surface area contributed by atoms with Crippen molar-refractivity contribution in [3.8, 4) is 0 Å². The van der Waals surface area contributed by atoms with Gasteiger partial charge in [-0.15, -0.1) is 0 Å². The zero-order valence-corrected chi connectivity index (χ0v) is 9.85. The molecule has 0 saturated carbocycles. The van der Waals surface area contributed by atoms with E-state index in [9.17, 15) is 9.50 Å². The van der Waals surface area contributed by atoms with Gasteiger partial charge in [-0.3, -0.25) is 4.90 Å². The number of rotatable bonds is 3. The summed E-state index contributed by atoms with van der Waals surface area (Å²) in [6.45, 7) is 1.82. The highest BCUT2D eigenvalue weighted by molar-refractivity contribution is 5.21. The van der Waals surface area contributed by atoms with Gasteiger partial charge in [0.05, 0.1) is 12.1 Å². The van der Waals surface area contributed by atoms with E-state index < -0.39 is 0 Å². The average molecular weight is 238 g/mol. The summed E-state index contributed by atoms with van der Waals surface area (Å²) < 4.78 is 13.7. The van der Waals surface area contributed by atoms with Crippen LogP contribution in [-0.4, -0.2) is 35.7 Å². The molecule has 1 heterocycles. The smallest absolute Gasteiger partial charge is 0.128 e. The zero-order chi connectivity index (χ0) is 12.3. The number of halogens is 1. The van der Waals surface area contributed by atoms with E-state index >= 15 is 0 Å². The third-order valence-electron chi connectivity index (χ3n) is 3.36. The van der Waals surface area contributed by atoms with Gasteiger partial charge in [-0.05, 0) is 25.5 Å². The average Bonchev–Trinajstić information content (AvgIpc) is 2.33. The summed E-state index contributed by atoms with van der Waals surface area (Å²) in [5, 5.41) is 9.66. The summed E-state index contributed by atoms with van der Waals surface area (Å²) in [5.74, 6) is -0.219. The molecule has 0 radical (unpaired) electrons. The lowest BCUT2D eigenvalue weighted by atomic mass is 10.0. The number of hydrogen-bond acceptors (Lipinski definition) is 3. The van der Waals surface area contributed by atoms with Gasteiger partial charge < -0.3 is 10.8 Å². The number of aliphatic hydroxyl groups is 1. The molecule has 3 N–H and O–H groups in total. The van der Waals surface area contributed by atoms with Crippen molar-refractivity contribution in [3.05, 3.63) is 35.6 Å². The molecule has 0 aliphatic carbocycles. The largest absolute Gasteiger partial charge is 0.392 e. The van der Waals surface area contributed by atoms with Gasteiger partial charge in [-0.2, -0.15) is 0 Å². The van der Waals surface area contributed by atoms with E-state index in [0.717, 1.165) is 19.4 Å². The standard InChI is InChI=1S/C13H19FN2O/c14-12-6-2-1-5-11(12)13(8-15)16-7-3-4-10(17)9-16/h1-2,5-6,10,13,17H,3-4,7-9,15H2. The Morgan fingerprint density at radius 1 is 1.47 bits per heavy atom. The Balaban J connectivity index is 2.18. The molecule has 2 atom stereocenters. The normalized spacial score (nSPS) is 23.6. The van der Waals surface area contributed by atoms with Crippen molar-refractivity contribution in [3.63, 3.8) is 0 Å². The molecule has 1 aliphatic heterocycles. The maximum atomic E-state index is 13.7. The highest BCUT2D eigenvalue weighted by Gasteiger charge is 2.26. The molecule has 4 heteroatoms. The van der Waals surface area contributed by atoms with Crippen LogP contribution in [0.15, 0.2) is 24.3 Å². The van der Waals surface area contributed by atoms with E-state index in [2.05, 4.69) is 4.90 Å². The Morgan fingerprint density at radius 2 is 2.24 bits per heavy atom. The number of piperidine rings is 1. The van der Waals surface area contributed by atoms with Gasteiger partial charge in [0.1, 0.15) is 5.82 Å². The Morgan fingerprint density at radius 3 is 2.88 bits per heavy atom. The second-order valence-electron chi connectivity index (χ2n) is 4.56. The molecule has 0 spiro atoms. The predicted molar refractivity (Wildman–Crippen MR) is 65.0 cm³/mol. The minimum absolute atomic E-state index is 0.133. The summed E-state index contributed by atoms with van der Waals surface area (Å²) in [4.78, 5) is 2.08. The number of benzene rings is 1. The Hall–Kier alpha value is -0.970. The van der Waals surface area contributed by atoms with E-state index in [1.165, 1.54) is 6.07 Å². The maximum Gasteiger partial charge on any atom is 0.128 e. The third kappa shape index (κ3) is 2.83. The predicted octanol–water partition coefficient (Wildman–Crippen LogP) is 1.28. The molecular weight excluding hydrogens is 219 g/mol. The molecule has 0 amide bonds. The molecule has 1 fully saturated rings. The van der Waals surface area contributed by atoms with Gasteiger partial charge in [0, 0.05) is 18.7 Å². The minimum Gasteiger partial charge on any atom is -0.392 e. The lowest BCUT2D eigenvalue weighted by molar-refractivity contribution is 0.0471. The number of hydrogen-bond donors (Lipinski definition) is 2. The van der Waals surface area contributed by atoms with Gasteiger partial charge in [-0.25, -0.2) is 4.39 Å². The molecule has 1 aromatic carbocycles. The SMILES string of the molecule is NCC(c1ccccc1F)N1CCCC(O)C1. The molecule has 0 bridgehead atoms. The van der Waals surface area contributed by atoms with E-state index in [-0.39, 0.29) is 18.0 Å². The zero-order valence-electron chi connectivity index (χ0n) is 9.85. The van der Waals surface area contributed by atoms with Gasteiger partial charge in [0.15, 0.2) is 0 Å². The van der Waals surface area contributed by atoms with Crippen LogP contribution in [-0.2, 0) is 0 Å². The lowest BCUT2D eigenvalue weighted by Crippen LogP contribution is -2.43. The molecular formula is C13H19FN2O. The van der Waals surface area contributed by atoms with Crippen LogP contribution in [0.1, 0.15) is 24.4 Å². The minimum atomic E-state index is -0.315. The van der Waals surface area contributed by atoms with Gasteiger partial charge in [0.2, 0.25) is 0 Å². The number of nitrogens with zero attached hydrogens (tertiary/aromatic N) is 1. The molecule has 0 aromatic heterocycles. The fourth-order valence-electron chi connectivity index (χ4n) is 2.48. The van der Waals surface area contributed by atoms with Crippen LogP contribution in [0.3, 0.4) is 0 Å². The first kappa shape index (κ1) is 12.5. The van der Waals surface area contributed by atoms with E-state index in [1.807, 2.05) is 6.07 Å². The first-order valence-electron chi connectivity index (χ1n) is 6.09. The van der Waals surface area contributed by atoms with Crippen molar-refractivity contribution in [2.45, 2.75) is 25.0 Å². The van der Waals surface area contributed by atoms with Gasteiger partial charge >= 0.3 is 0 Å². The Bertz CT molecular complexity index is 372. The molecule has 1 aliphatic rings. The van der Waals surface area contributed by atoms with Gasteiger partial charge in [-0.1, -0.05) is 18.2 Å². The summed E-state index contributed by atoms with van der Waals surface area (Å²) in [5.41, 5.74) is 6.39. The van der Waals surface area contributed by atoms with Crippen LogP contribution in [0.25, 0.3) is 0 Å². The lowest BCUT2D eigenvalue weighted by Gasteiger charge is -2.36. The van der Waals surface area contributed by atoms with E-state index in [1.54, 1.807) is 12.1 Å². The number of aliphatic hydroxyl groups excluding tert-OH is 1. The topological polar surface area (TPSA) is 49.5 Å². The van der Waals surface area contributed by atoms with Gasteiger partial charge in [0.25, 0.3) is 0 Å². The van der Waals surface area contributed by atoms with Crippen molar-refractivity contribution < 1.29 is 9.50 Å². The van der Waals surface area contributed by atoms with Crippen LogP contribution >= 0.6 is 0 Å². The fourth-order valence-corrected chi connectivity index (χ4v) is 2.48. The summed E-state index contributed by atoms with van der Waals surface area (Å²) in [7, 11) is 0. The van der Waals surface area contributed by atoms with Crippen molar-refractivity contribution in [1.29, 1.82) is 0 Å². The number of nitrogens with two attached hydrogens (primary N) is 1. The van der Waals surface area contributed by atoms with Crippen LogP contribution in [0, 0.1) is 5.82 Å². The van der Waals surface area contributed by atoms with Crippen LogP contribution < -0.4 is 5.73 Å². The molecule has 3 nitrogen and oxygen atoms in total. The van der Waals surface area contributed by atoms with Crippen molar-refractivity contribution in [2.75, 3.05) is 19.6 Å². The summed E-state index contributed by atoms with van der Waals surface area (Å²) in [6.07, 6.45) is 1.45. The van der Waals surface area contributed by atoms with Crippen molar-refractivity contribution >= 4 is 0 Å². The molecule has 2 rings (SSSR count). The summed E-state index contributed by atoms with van der Waals surface area (Å²) in [6, 6.07) is 6.59. The third-order valence-corrected chi connectivity index (χ3v) is 3.36. The van der Waals surface area contributed by atoms with Crippen molar-refractivity contribution in [2.24, 2.45) is 5.73 Å². The van der Waals surface area contributed by atoms with Crippen molar-refractivity contribution in [1.82, 2.24) is 4.90 Å². The number of likely N-dealkylation sites (tertiary alicyclic amines) is 1. The maximum absolute atomic E-state index is 13.7. The first-order chi connectivity index (χ1) is 8.22. The first-order valence-corrected chi connectivity index (χ1v) is 6.09. The van der Waals surface area contributed by atoms with E-state index in [0.29, 0.717) is 18.7 Å². The van der Waals surface area contributed by atoms with Crippen LogP contribution in [0.2, 0.25) is 0 Å². The second kappa shape index (κ2) is 5.58.